The van der Waals surface area contributed by atoms with Crippen molar-refractivity contribution in [3.8, 4) is 0 Å². The Morgan fingerprint density at radius 2 is 1.03 bits per heavy atom. The molecular formula is C29H19Cl2NO4. The molecule has 0 radical (unpaired) electrons. The first kappa shape index (κ1) is 23.8. The van der Waals surface area contributed by atoms with E-state index in [1.165, 1.54) is 0 Å². The molecule has 5 aromatic rings. The van der Waals surface area contributed by atoms with Crippen LogP contribution in [0.25, 0.3) is 21.8 Å². The summed E-state index contributed by atoms with van der Waals surface area (Å²) >= 11 is 11.8. The average Bonchev–Trinajstić information content (AvgIpc) is 2.90. The number of fused-ring (bicyclic) bond motifs is 2. The summed E-state index contributed by atoms with van der Waals surface area (Å²) in [6.07, 6.45) is 0. The average molecular weight is 516 g/mol. The minimum Gasteiger partial charge on any atom is -0.457 e. The molecule has 36 heavy (non-hydrogen) atoms. The Morgan fingerprint density at radius 3 is 1.44 bits per heavy atom. The van der Waals surface area contributed by atoms with E-state index in [0.717, 1.165) is 21.9 Å². The molecule has 0 aliphatic carbocycles. The monoisotopic (exact) mass is 515 g/mol. The predicted octanol–water partition coefficient (Wildman–Crippen LogP) is 7.41. The summed E-state index contributed by atoms with van der Waals surface area (Å²) < 4.78 is 11.1. The SMILES string of the molecule is O=C(OCc1cccc2cc3cccc(COC(=O)c4ccc(Cl)cc4)c3nc12)c1ccc(Cl)cc1. The van der Waals surface area contributed by atoms with Crippen LogP contribution in [0.1, 0.15) is 31.8 Å². The summed E-state index contributed by atoms with van der Waals surface area (Å²) in [6.45, 7) is 0.121. The Morgan fingerprint density at radius 1 is 0.611 bits per heavy atom. The number of rotatable bonds is 6. The normalized spacial score (nSPS) is 10.9. The summed E-state index contributed by atoms with van der Waals surface area (Å²) in [6, 6.07) is 26.6. The van der Waals surface area contributed by atoms with Gasteiger partial charge >= 0.3 is 11.9 Å². The number of hydrogen-bond donors (Lipinski definition) is 0. The zero-order valence-electron chi connectivity index (χ0n) is 18.9. The Labute approximate surface area is 217 Å². The lowest BCUT2D eigenvalue weighted by atomic mass is 10.0. The summed E-state index contributed by atoms with van der Waals surface area (Å²) in [5.74, 6) is -0.890. The fourth-order valence-electron chi connectivity index (χ4n) is 3.87. The van der Waals surface area contributed by atoms with Crippen molar-refractivity contribution in [1.29, 1.82) is 0 Å². The van der Waals surface area contributed by atoms with Crippen LogP contribution in [0.3, 0.4) is 0 Å². The van der Waals surface area contributed by atoms with Crippen LogP contribution in [-0.2, 0) is 22.7 Å². The molecule has 7 heteroatoms. The van der Waals surface area contributed by atoms with Crippen LogP contribution >= 0.6 is 23.2 Å². The molecule has 0 saturated heterocycles. The molecule has 5 rings (SSSR count). The topological polar surface area (TPSA) is 65.5 Å². The lowest BCUT2D eigenvalue weighted by Gasteiger charge is -2.11. The third-order valence-corrected chi connectivity index (χ3v) is 6.22. The highest BCUT2D eigenvalue weighted by Crippen LogP contribution is 2.26. The van der Waals surface area contributed by atoms with Crippen molar-refractivity contribution in [3.05, 3.63) is 123 Å². The molecule has 1 aromatic heterocycles. The second kappa shape index (κ2) is 10.4. The first-order valence-corrected chi connectivity index (χ1v) is 11.9. The largest absolute Gasteiger partial charge is 0.457 e. The highest BCUT2D eigenvalue weighted by atomic mass is 35.5. The zero-order valence-corrected chi connectivity index (χ0v) is 20.4. The number of carbonyl (C=O) groups excluding carboxylic acids is 2. The lowest BCUT2D eigenvalue weighted by Crippen LogP contribution is -2.06. The number of aromatic nitrogens is 1. The van der Waals surface area contributed by atoms with Crippen LogP contribution in [0.2, 0.25) is 10.0 Å². The van der Waals surface area contributed by atoms with E-state index in [1.807, 2.05) is 42.5 Å². The number of carbonyl (C=O) groups is 2. The molecule has 0 spiro atoms. The van der Waals surface area contributed by atoms with Crippen molar-refractivity contribution in [2.24, 2.45) is 0 Å². The van der Waals surface area contributed by atoms with E-state index < -0.39 is 11.9 Å². The van der Waals surface area contributed by atoms with E-state index in [2.05, 4.69) is 0 Å². The van der Waals surface area contributed by atoms with Gasteiger partial charge in [0.2, 0.25) is 0 Å². The Bertz CT molecular complexity index is 1470. The maximum Gasteiger partial charge on any atom is 0.338 e. The molecule has 0 saturated carbocycles. The maximum atomic E-state index is 12.5. The van der Waals surface area contributed by atoms with Gasteiger partial charge < -0.3 is 9.47 Å². The molecule has 0 aliphatic heterocycles. The Balaban J connectivity index is 1.40. The van der Waals surface area contributed by atoms with Crippen molar-refractivity contribution in [2.75, 3.05) is 0 Å². The molecule has 0 amide bonds. The zero-order chi connectivity index (χ0) is 25.1. The van der Waals surface area contributed by atoms with Gasteiger partial charge in [0.15, 0.2) is 0 Å². The number of esters is 2. The van der Waals surface area contributed by atoms with E-state index >= 15 is 0 Å². The minimum absolute atomic E-state index is 0.0605. The summed E-state index contributed by atoms with van der Waals surface area (Å²) in [4.78, 5) is 29.8. The number of nitrogens with zero attached hydrogens (tertiary/aromatic N) is 1. The number of benzene rings is 4. The third-order valence-electron chi connectivity index (χ3n) is 5.71. The van der Waals surface area contributed by atoms with E-state index in [4.69, 9.17) is 37.7 Å². The Kier molecular flexibility index (Phi) is 6.85. The van der Waals surface area contributed by atoms with Gasteiger partial charge in [0.1, 0.15) is 13.2 Å². The van der Waals surface area contributed by atoms with Crippen molar-refractivity contribution in [1.82, 2.24) is 4.98 Å². The van der Waals surface area contributed by atoms with Gasteiger partial charge in [-0.05, 0) is 54.6 Å². The molecule has 0 bridgehead atoms. The van der Waals surface area contributed by atoms with Gasteiger partial charge in [-0.25, -0.2) is 14.6 Å². The van der Waals surface area contributed by atoms with Gasteiger partial charge in [0, 0.05) is 31.9 Å². The van der Waals surface area contributed by atoms with Crippen molar-refractivity contribution in [3.63, 3.8) is 0 Å². The van der Waals surface area contributed by atoms with Crippen LogP contribution in [0.5, 0.6) is 0 Å². The van der Waals surface area contributed by atoms with Crippen LogP contribution in [0.4, 0.5) is 0 Å². The van der Waals surface area contributed by atoms with Gasteiger partial charge in [0.25, 0.3) is 0 Å². The molecule has 4 aromatic carbocycles. The van der Waals surface area contributed by atoms with Crippen LogP contribution in [0, 0.1) is 0 Å². The van der Waals surface area contributed by atoms with Gasteiger partial charge in [0.05, 0.1) is 22.2 Å². The maximum absolute atomic E-state index is 12.5. The third kappa shape index (κ3) is 5.18. The molecule has 0 fully saturated rings. The smallest absolute Gasteiger partial charge is 0.338 e. The summed E-state index contributed by atoms with van der Waals surface area (Å²) in [5, 5.41) is 2.92. The van der Waals surface area contributed by atoms with E-state index in [9.17, 15) is 9.59 Å². The first-order valence-electron chi connectivity index (χ1n) is 11.1. The number of pyridine rings is 1. The second-order valence-corrected chi connectivity index (χ2v) is 9.01. The molecule has 178 valence electrons. The Hall–Kier alpha value is -3.93. The van der Waals surface area contributed by atoms with E-state index in [0.29, 0.717) is 32.2 Å². The predicted molar refractivity (Wildman–Crippen MR) is 140 cm³/mol. The molecule has 0 unspecified atom stereocenters. The standard InChI is InChI=1S/C29H19Cl2NO4/c30-24-11-7-18(8-12-24)28(33)35-16-22-5-1-3-20-15-21-4-2-6-23(27(21)32-26(20)22)17-36-29(34)19-9-13-25(31)14-10-19/h1-15H,16-17H2. The minimum atomic E-state index is -0.445. The summed E-state index contributed by atoms with van der Waals surface area (Å²) in [7, 11) is 0. The van der Waals surface area contributed by atoms with Gasteiger partial charge in [-0.3, -0.25) is 0 Å². The fourth-order valence-corrected chi connectivity index (χ4v) is 4.12. The second-order valence-electron chi connectivity index (χ2n) is 8.13. The quantitative estimate of drug-likeness (QED) is 0.174. The van der Waals surface area contributed by atoms with Crippen LogP contribution < -0.4 is 0 Å². The summed E-state index contributed by atoms with van der Waals surface area (Å²) in [5.41, 5.74) is 3.80. The molecule has 0 N–H and O–H groups in total. The van der Waals surface area contributed by atoms with Crippen molar-refractivity contribution >= 4 is 56.9 Å². The lowest BCUT2D eigenvalue weighted by molar-refractivity contribution is 0.0466. The molecule has 1 heterocycles. The number of hydrogen-bond acceptors (Lipinski definition) is 5. The number of para-hydroxylation sites is 2. The van der Waals surface area contributed by atoms with Gasteiger partial charge in [-0.2, -0.15) is 0 Å². The van der Waals surface area contributed by atoms with Crippen LogP contribution in [-0.4, -0.2) is 16.9 Å². The molecule has 0 aliphatic rings. The molecule has 5 nitrogen and oxygen atoms in total. The molecule has 0 atom stereocenters. The number of halogens is 2. The highest BCUT2D eigenvalue weighted by Gasteiger charge is 2.13. The van der Waals surface area contributed by atoms with E-state index in [-0.39, 0.29) is 13.2 Å². The van der Waals surface area contributed by atoms with Crippen molar-refractivity contribution < 1.29 is 19.1 Å². The van der Waals surface area contributed by atoms with Gasteiger partial charge in [-0.15, -0.1) is 0 Å². The van der Waals surface area contributed by atoms with E-state index in [1.54, 1.807) is 48.5 Å². The first-order chi connectivity index (χ1) is 17.5. The van der Waals surface area contributed by atoms with Crippen LogP contribution in [0.15, 0.2) is 91.0 Å². The number of ether oxygens (including phenoxy) is 2. The van der Waals surface area contributed by atoms with Gasteiger partial charge in [-0.1, -0.05) is 59.6 Å². The van der Waals surface area contributed by atoms with Crippen molar-refractivity contribution in [2.45, 2.75) is 13.2 Å². The molecular weight excluding hydrogens is 497 g/mol. The fraction of sp³-hybridized carbons (Fsp3) is 0.0690. The highest BCUT2D eigenvalue weighted by molar-refractivity contribution is 6.31.